The van der Waals surface area contributed by atoms with Crippen LogP contribution in [0.2, 0.25) is 0 Å². The maximum atomic E-state index is 5.39. The van der Waals surface area contributed by atoms with Gasteiger partial charge in [0.1, 0.15) is 0 Å². The average molecular weight is 414 g/mol. The molecule has 17 heavy (non-hydrogen) atoms. The van der Waals surface area contributed by atoms with Crippen molar-refractivity contribution in [2.24, 2.45) is 0 Å². The molecule has 0 saturated carbocycles. The van der Waals surface area contributed by atoms with E-state index in [1.165, 1.54) is 3.57 Å². The van der Waals surface area contributed by atoms with E-state index in [-0.39, 0.29) is 0 Å². The molecule has 0 heterocycles. The number of ether oxygens (including phenoxy) is 2. The van der Waals surface area contributed by atoms with Crippen LogP contribution in [-0.2, 0) is 9.47 Å². The fourth-order valence-corrected chi connectivity index (χ4v) is 2.15. The lowest BCUT2D eigenvalue weighted by Crippen LogP contribution is -2.08. The Kier molecular flexibility index (Phi) is 8.17. The maximum Gasteiger partial charge on any atom is 0.0700 e. The highest BCUT2D eigenvalue weighted by Crippen LogP contribution is 2.24. The minimum atomic E-state index is 0.663. The normalized spacial score (nSPS) is 10.5. The van der Waals surface area contributed by atoms with Crippen LogP contribution < -0.4 is 5.32 Å². The van der Waals surface area contributed by atoms with Crippen LogP contribution in [0.3, 0.4) is 0 Å². The number of benzene rings is 1. The van der Waals surface area contributed by atoms with E-state index in [1.54, 1.807) is 7.11 Å². The molecule has 1 aromatic rings. The van der Waals surface area contributed by atoms with E-state index in [0.29, 0.717) is 13.2 Å². The fourth-order valence-electron chi connectivity index (χ4n) is 1.27. The first-order chi connectivity index (χ1) is 8.24. The second kappa shape index (κ2) is 9.13. The standard InChI is InChI=1S/C12H17BrINO2/c1-16-7-8-17-6-2-5-15-12-9-10(14)3-4-11(12)13/h3-4,9,15H,2,5-8H2,1H3. The van der Waals surface area contributed by atoms with Crippen molar-refractivity contribution in [2.75, 3.05) is 38.8 Å². The molecule has 0 radical (unpaired) electrons. The van der Waals surface area contributed by atoms with Crippen molar-refractivity contribution in [3.8, 4) is 0 Å². The third kappa shape index (κ3) is 6.59. The Morgan fingerprint density at radius 1 is 1.29 bits per heavy atom. The topological polar surface area (TPSA) is 30.5 Å². The molecular formula is C12H17BrINO2. The van der Waals surface area contributed by atoms with Gasteiger partial charge in [0.2, 0.25) is 0 Å². The van der Waals surface area contributed by atoms with Gasteiger partial charge in [-0.25, -0.2) is 0 Å². The lowest BCUT2D eigenvalue weighted by Gasteiger charge is -2.09. The number of rotatable bonds is 8. The smallest absolute Gasteiger partial charge is 0.0700 e. The number of hydrogen-bond acceptors (Lipinski definition) is 3. The van der Waals surface area contributed by atoms with Crippen molar-refractivity contribution < 1.29 is 9.47 Å². The molecule has 0 aliphatic heterocycles. The highest BCUT2D eigenvalue weighted by atomic mass is 127. The van der Waals surface area contributed by atoms with Crippen LogP contribution in [0, 0.1) is 3.57 Å². The second-order valence-electron chi connectivity index (χ2n) is 3.51. The summed E-state index contributed by atoms with van der Waals surface area (Å²) >= 11 is 5.83. The van der Waals surface area contributed by atoms with E-state index in [0.717, 1.165) is 29.7 Å². The van der Waals surface area contributed by atoms with E-state index < -0.39 is 0 Å². The number of methoxy groups -OCH3 is 1. The zero-order chi connectivity index (χ0) is 12.5. The van der Waals surface area contributed by atoms with Gasteiger partial charge in [0.25, 0.3) is 0 Å². The zero-order valence-electron chi connectivity index (χ0n) is 9.84. The molecule has 0 bridgehead atoms. The third-order valence-corrected chi connectivity index (χ3v) is 3.50. The Morgan fingerprint density at radius 2 is 2.12 bits per heavy atom. The second-order valence-corrected chi connectivity index (χ2v) is 5.61. The number of nitrogens with one attached hydrogen (secondary N) is 1. The fraction of sp³-hybridized carbons (Fsp3) is 0.500. The van der Waals surface area contributed by atoms with E-state index in [4.69, 9.17) is 9.47 Å². The third-order valence-electron chi connectivity index (χ3n) is 2.14. The van der Waals surface area contributed by atoms with Crippen LogP contribution in [-0.4, -0.2) is 33.5 Å². The van der Waals surface area contributed by atoms with Gasteiger partial charge in [0.05, 0.1) is 13.2 Å². The minimum absolute atomic E-state index is 0.663. The largest absolute Gasteiger partial charge is 0.384 e. The summed E-state index contributed by atoms with van der Waals surface area (Å²) in [7, 11) is 1.68. The van der Waals surface area contributed by atoms with E-state index in [1.807, 2.05) is 0 Å². The van der Waals surface area contributed by atoms with Crippen LogP contribution in [0.1, 0.15) is 6.42 Å². The number of anilines is 1. The quantitative estimate of drug-likeness (QED) is 0.522. The Bertz CT molecular complexity index is 336. The molecule has 0 aliphatic rings. The van der Waals surface area contributed by atoms with Crippen LogP contribution in [0.5, 0.6) is 0 Å². The molecule has 1 N–H and O–H groups in total. The molecule has 3 nitrogen and oxygen atoms in total. The summed E-state index contributed by atoms with van der Waals surface area (Å²) in [5.41, 5.74) is 1.13. The number of hydrogen-bond donors (Lipinski definition) is 1. The summed E-state index contributed by atoms with van der Waals surface area (Å²) in [6.45, 7) is 3.00. The Labute approximate surface area is 125 Å². The molecule has 0 atom stereocenters. The lowest BCUT2D eigenvalue weighted by atomic mass is 10.3. The molecule has 5 heteroatoms. The monoisotopic (exact) mass is 413 g/mol. The average Bonchev–Trinajstić information content (AvgIpc) is 2.32. The summed E-state index contributed by atoms with van der Waals surface area (Å²) < 4.78 is 12.6. The van der Waals surface area contributed by atoms with Crippen molar-refractivity contribution in [1.29, 1.82) is 0 Å². The molecule has 1 aromatic carbocycles. The van der Waals surface area contributed by atoms with Crippen molar-refractivity contribution in [1.82, 2.24) is 0 Å². The molecular weight excluding hydrogens is 397 g/mol. The Balaban J connectivity index is 2.15. The van der Waals surface area contributed by atoms with Gasteiger partial charge in [0, 0.05) is 34.0 Å². The van der Waals surface area contributed by atoms with Gasteiger partial charge >= 0.3 is 0 Å². The predicted molar refractivity (Wildman–Crippen MR) is 82.7 cm³/mol. The summed E-state index contributed by atoms with van der Waals surface area (Å²) in [5, 5.41) is 3.38. The first-order valence-electron chi connectivity index (χ1n) is 5.49. The van der Waals surface area contributed by atoms with Crippen LogP contribution in [0.15, 0.2) is 22.7 Å². The van der Waals surface area contributed by atoms with Gasteiger partial charge < -0.3 is 14.8 Å². The highest BCUT2D eigenvalue weighted by molar-refractivity contribution is 14.1. The van der Waals surface area contributed by atoms with Crippen LogP contribution in [0.25, 0.3) is 0 Å². The SMILES string of the molecule is COCCOCCCNc1cc(I)ccc1Br. The molecule has 0 fully saturated rings. The molecule has 0 aromatic heterocycles. The van der Waals surface area contributed by atoms with Gasteiger partial charge in [-0.2, -0.15) is 0 Å². The first kappa shape index (κ1) is 15.2. The summed E-state index contributed by atoms with van der Waals surface area (Å²) in [6, 6.07) is 6.25. The Hall–Kier alpha value is 0.150. The molecule has 1 rings (SSSR count). The maximum absolute atomic E-state index is 5.39. The lowest BCUT2D eigenvalue weighted by molar-refractivity contribution is 0.0705. The molecule has 0 unspecified atom stereocenters. The van der Waals surface area contributed by atoms with Crippen molar-refractivity contribution in [3.63, 3.8) is 0 Å². The van der Waals surface area contributed by atoms with Gasteiger partial charge in [0.15, 0.2) is 0 Å². The molecule has 96 valence electrons. The van der Waals surface area contributed by atoms with E-state index >= 15 is 0 Å². The summed E-state index contributed by atoms with van der Waals surface area (Å²) in [6.07, 6.45) is 0.988. The number of halogens is 2. The molecule has 0 spiro atoms. The molecule has 0 aliphatic carbocycles. The summed E-state index contributed by atoms with van der Waals surface area (Å²) in [5.74, 6) is 0. The van der Waals surface area contributed by atoms with E-state index in [9.17, 15) is 0 Å². The Morgan fingerprint density at radius 3 is 2.88 bits per heavy atom. The highest BCUT2D eigenvalue weighted by Gasteiger charge is 1.99. The van der Waals surface area contributed by atoms with Gasteiger partial charge in [-0.3, -0.25) is 0 Å². The minimum Gasteiger partial charge on any atom is -0.384 e. The zero-order valence-corrected chi connectivity index (χ0v) is 13.6. The first-order valence-corrected chi connectivity index (χ1v) is 7.37. The predicted octanol–water partition coefficient (Wildman–Crippen LogP) is 3.52. The van der Waals surface area contributed by atoms with Crippen LogP contribution in [0.4, 0.5) is 5.69 Å². The van der Waals surface area contributed by atoms with Gasteiger partial charge in [-0.1, -0.05) is 0 Å². The molecule has 0 amide bonds. The molecule has 0 saturated heterocycles. The van der Waals surface area contributed by atoms with E-state index in [2.05, 4.69) is 62.0 Å². The van der Waals surface area contributed by atoms with Crippen LogP contribution >= 0.6 is 38.5 Å². The van der Waals surface area contributed by atoms with Crippen molar-refractivity contribution in [2.45, 2.75) is 6.42 Å². The summed E-state index contributed by atoms with van der Waals surface area (Å²) in [4.78, 5) is 0. The van der Waals surface area contributed by atoms with Crippen molar-refractivity contribution in [3.05, 3.63) is 26.2 Å². The van der Waals surface area contributed by atoms with Gasteiger partial charge in [-0.15, -0.1) is 0 Å². The van der Waals surface area contributed by atoms with Gasteiger partial charge in [-0.05, 0) is 63.1 Å². The van der Waals surface area contributed by atoms with Crippen molar-refractivity contribution >= 4 is 44.2 Å².